The van der Waals surface area contributed by atoms with Crippen molar-refractivity contribution in [1.82, 2.24) is 20.0 Å². The van der Waals surface area contributed by atoms with Gasteiger partial charge in [-0.1, -0.05) is 6.92 Å². The second kappa shape index (κ2) is 4.13. The van der Waals surface area contributed by atoms with Gasteiger partial charge in [0.1, 0.15) is 6.54 Å². The average molecular weight is 222 g/mol. The largest absolute Gasteiger partial charge is 0.476 e. The van der Waals surface area contributed by atoms with Crippen LogP contribution >= 0.6 is 0 Å². The lowest BCUT2D eigenvalue weighted by molar-refractivity contribution is 0.0689. The van der Waals surface area contributed by atoms with Crippen molar-refractivity contribution >= 4 is 5.97 Å². The van der Waals surface area contributed by atoms with E-state index in [1.54, 1.807) is 6.20 Å². The average Bonchev–Trinajstić information content (AvgIpc) is 2.87. The van der Waals surface area contributed by atoms with Crippen molar-refractivity contribution in [3.05, 3.63) is 29.7 Å². The van der Waals surface area contributed by atoms with Crippen LogP contribution in [0.1, 0.15) is 29.2 Å². The molecule has 1 N–H and O–H groups in total. The van der Waals surface area contributed by atoms with Crippen molar-refractivity contribution < 1.29 is 14.3 Å². The maximum atomic E-state index is 10.6. The van der Waals surface area contributed by atoms with Crippen LogP contribution in [0.15, 0.2) is 16.7 Å². The Morgan fingerprint density at radius 3 is 2.81 bits per heavy atom. The Bertz CT molecular complexity index is 502. The van der Waals surface area contributed by atoms with E-state index in [2.05, 4.69) is 15.3 Å². The van der Waals surface area contributed by atoms with Gasteiger partial charge in [0.25, 0.3) is 0 Å². The lowest BCUT2D eigenvalue weighted by Crippen LogP contribution is -2.04. The van der Waals surface area contributed by atoms with Gasteiger partial charge in [0.2, 0.25) is 11.8 Å². The normalized spacial score (nSPS) is 10.6. The first kappa shape index (κ1) is 10.3. The number of nitrogens with zero attached hydrogens (tertiary/aromatic N) is 4. The van der Waals surface area contributed by atoms with Crippen LogP contribution in [0.5, 0.6) is 0 Å². The monoisotopic (exact) mass is 222 g/mol. The second-order valence-corrected chi connectivity index (χ2v) is 3.15. The molecule has 0 bridgehead atoms. The molecule has 2 rings (SSSR count). The Morgan fingerprint density at radius 1 is 1.50 bits per heavy atom. The van der Waals surface area contributed by atoms with Gasteiger partial charge in [-0.15, -0.1) is 10.2 Å². The highest BCUT2D eigenvalue weighted by atomic mass is 16.4. The summed E-state index contributed by atoms with van der Waals surface area (Å²) >= 11 is 0. The van der Waals surface area contributed by atoms with E-state index >= 15 is 0 Å². The molecule has 0 atom stereocenters. The topological polar surface area (TPSA) is 94.0 Å². The Kier molecular flexibility index (Phi) is 2.67. The molecule has 7 heteroatoms. The molecule has 0 aliphatic heterocycles. The van der Waals surface area contributed by atoms with Crippen LogP contribution in [0.3, 0.4) is 0 Å². The van der Waals surface area contributed by atoms with Crippen molar-refractivity contribution in [2.45, 2.75) is 19.9 Å². The maximum Gasteiger partial charge on any atom is 0.356 e. The molecule has 0 aliphatic carbocycles. The summed E-state index contributed by atoms with van der Waals surface area (Å²) in [4.78, 5) is 10.6. The van der Waals surface area contributed by atoms with Gasteiger partial charge in [-0.25, -0.2) is 4.79 Å². The Hall–Kier alpha value is -2.18. The fraction of sp³-hybridized carbons (Fsp3) is 0.333. The van der Waals surface area contributed by atoms with Crippen molar-refractivity contribution in [2.75, 3.05) is 0 Å². The van der Waals surface area contributed by atoms with Gasteiger partial charge in [-0.05, 0) is 6.07 Å². The highest BCUT2D eigenvalue weighted by Gasteiger charge is 2.09. The second-order valence-electron chi connectivity index (χ2n) is 3.15. The first-order valence-electron chi connectivity index (χ1n) is 4.77. The molecule has 0 spiro atoms. The molecule has 2 aromatic rings. The molecule has 0 fully saturated rings. The molecule has 0 saturated heterocycles. The molecule has 0 radical (unpaired) electrons. The summed E-state index contributed by atoms with van der Waals surface area (Å²) in [5.41, 5.74) is -0.00442. The SMILES string of the molecule is CCc1nnc(Cn2ccc(C(=O)O)n2)o1. The van der Waals surface area contributed by atoms with E-state index in [4.69, 9.17) is 9.52 Å². The van der Waals surface area contributed by atoms with E-state index in [-0.39, 0.29) is 12.2 Å². The third-order valence-electron chi connectivity index (χ3n) is 1.97. The van der Waals surface area contributed by atoms with E-state index < -0.39 is 5.97 Å². The van der Waals surface area contributed by atoms with Gasteiger partial charge in [-0.2, -0.15) is 5.10 Å². The van der Waals surface area contributed by atoms with Crippen molar-refractivity contribution in [2.24, 2.45) is 0 Å². The van der Waals surface area contributed by atoms with Gasteiger partial charge in [0.05, 0.1) is 0 Å². The fourth-order valence-electron chi connectivity index (χ4n) is 1.20. The van der Waals surface area contributed by atoms with Crippen LogP contribution in [0.4, 0.5) is 0 Å². The maximum absolute atomic E-state index is 10.6. The quantitative estimate of drug-likeness (QED) is 0.812. The first-order valence-corrected chi connectivity index (χ1v) is 4.77. The number of aromatic nitrogens is 4. The molecule has 84 valence electrons. The molecule has 0 saturated carbocycles. The number of rotatable bonds is 4. The third kappa shape index (κ3) is 2.08. The molecule has 2 heterocycles. The van der Waals surface area contributed by atoms with E-state index in [1.165, 1.54) is 10.7 Å². The van der Waals surface area contributed by atoms with Crippen LogP contribution in [0, 0.1) is 0 Å². The van der Waals surface area contributed by atoms with Crippen LogP contribution in [0.2, 0.25) is 0 Å². The summed E-state index contributed by atoms with van der Waals surface area (Å²) < 4.78 is 6.72. The van der Waals surface area contributed by atoms with Gasteiger partial charge in [-0.3, -0.25) is 4.68 Å². The number of carboxylic acid groups (broad SMARTS) is 1. The van der Waals surface area contributed by atoms with Crippen molar-refractivity contribution in [3.63, 3.8) is 0 Å². The molecule has 0 aliphatic rings. The molecule has 0 unspecified atom stereocenters. The minimum Gasteiger partial charge on any atom is -0.476 e. The molecule has 16 heavy (non-hydrogen) atoms. The smallest absolute Gasteiger partial charge is 0.356 e. The minimum atomic E-state index is -1.06. The number of hydrogen-bond acceptors (Lipinski definition) is 5. The lowest BCUT2D eigenvalue weighted by Gasteiger charge is -1.94. The van der Waals surface area contributed by atoms with Gasteiger partial charge in [0, 0.05) is 12.6 Å². The summed E-state index contributed by atoms with van der Waals surface area (Å²) in [7, 11) is 0. The summed E-state index contributed by atoms with van der Waals surface area (Å²) in [5, 5.41) is 20.1. The molecular formula is C9H10N4O3. The molecule has 2 aromatic heterocycles. The zero-order valence-corrected chi connectivity index (χ0v) is 8.62. The highest BCUT2D eigenvalue weighted by Crippen LogP contribution is 2.03. The zero-order chi connectivity index (χ0) is 11.5. The summed E-state index contributed by atoms with van der Waals surface area (Å²) in [5.74, 6) is -0.0870. The number of carboxylic acids is 1. The standard InChI is InChI=1S/C9H10N4O3/c1-2-7-10-11-8(16-7)5-13-4-3-6(12-13)9(14)15/h3-4H,2,5H2,1H3,(H,14,15). The van der Waals surface area contributed by atoms with Crippen LogP contribution < -0.4 is 0 Å². The Labute approximate surface area is 90.7 Å². The van der Waals surface area contributed by atoms with Crippen LogP contribution in [-0.2, 0) is 13.0 Å². The van der Waals surface area contributed by atoms with E-state index in [1.807, 2.05) is 6.92 Å². The lowest BCUT2D eigenvalue weighted by atomic mass is 10.5. The highest BCUT2D eigenvalue weighted by molar-refractivity contribution is 5.84. The molecule has 7 nitrogen and oxygen atoms in total. The summed E-state index contributed by atoms with van der Waals surface area (Å²) in [6.45, 7) is 2.19. The third-order valence-corrected chi connectivity index (χ3v) is 1.97. The number of aromatic carboxylic acids is 1. The molecular weight excluding hydrogens is 212 g/mol. The van der Waals surface area contributed by atoms with Crippen molar-refractivity contribution in [1.29, 1.82) is 0 Å². The minimum absolute atomic E-state index is 0.00442. The Balaban J connectivity index is 2.11. The van der Waals surface area contributed by atoms with Gasteiger partial charge in [0.15, 0.2) is 5.69 Å². The van der Waals surface area contributed by atoms with Crippen LogP contribution in [0.25, 0.3) is 0 Å². The van der Waals surface area contributed by atoms with Gasteiger partial charge < -0.3 is 9.52 Å². The first-order chi connectivity index (χ1) is 7.69. The summed E-state index contributed by atoms with van der Waals surface area (Å²) in [6.07, 6.45) is 2.23. The predicted molar refractivity (Wildman–Crippen MR) is 52.0 cm³/mol. The van der Waals surface area contributed by atoms with Crippen LogP contribution in [-0.4, -0.2) is 31.1 Å². The molecule has 0 aromatic carbocycles. The zero-order valence-electron chi connectivity index (χ0n) is 8.62. The number of hydrogen-bond donors (Lipinski definition) is 1. The van der Waals surface area contributed by atoms with E-state index in [0.29, 0.717) is 18.2 Å². The summed E-state index contributed by atoms with van der Waals surface area (Å²) in [6, 6.07) is 1.42. The number of carbonyl (C=O) groups is 1. The fourth-order valence-corrected chi connectivity index (χ4v) is 1.20. The number of aryl methyl sites for hydroxylation is 1. The Morgan fingerprint density at radius 2 is 2.25 bits per heavy atom. The van der Waals surface area contributed by atoms with E-state index in [9.17, 15) is 4.79 Å². The predicted octanol–water partition coefficient (Wildman–Crippen LogP) is 0.575. The van der Waals surface area contributed by atoms with Crippen molar-refractivity contribution in [3.8, 4) is 0 Å². The van der Waals surface area contributed by atoms with E-state index in [0.717, 1.165) is 0 Å². The molecule has 0 amide bonds. The van der Waals surface area contributed by atoms with Gasteiger partial charge >= 0.3 is 5.97 Å².